The molecule has 0 aliphatic heterocycles. The summed E-state index contributed by atoms with van der Waals surface area (Å²) in [6.07, 6.45) is -1.58. The molecule has 0 saturated carbocycles. The Bertz CT molecular complexity index is 1820. The van der Waals surface area contributed by atoms with E-state index in [9.17, 15) is 24.3 Å². The van der Waals surface area contributed by atoms with Crippen LogP contribution in [0.4, 0.5) is 9.59 Å². The van der Waals surface area contributed by atoms with Gasteiger partial charge in [-0.15, -0.1) is 0 Å². The summed E-state index contributed by atoms with van der Waals surface area (Å²) in [5.74, 6) is -1.30. The Morgan fingerprint density at radius 2 is 1.04 bits per heavy atom. The van der Waals surface area contributed by atoms with E-state index in [-0.39, 0.29) is 47.8 Å². The molecule has 0 spiro atoms. The molecule has 15 heteroatoms. The number of alkyl carbamates (subject to hydrolysis) is 2. The SMILES string of the molecule is COC(=O)[C@H](Cc1cc(Br)c(Oc2cc(C[C@H](NC(=O)OCc3ccccc3)C(=O)OC)cc(Br)c2O)c(Br)c1)NC(=O)OCc1ccccc1. The highest BCUT2D eigenvalue weighted by molar-refractivity contribution is 9.11. The lowest BCUT2D eigenvalue weighted by molar-refractivity contribution is -0.143. The van der Waals surface area contributed by atoms with Crippen molar-refractivity contribution in [3.63, 3.8) is 0 Å². The van der Waals surface area contributed by atoms with Gasteiger partial charge in [0.15, 0.2) is 17.2 Å². The smallest absolute Gasteiger partial charge is 0.408 e. The van der Waals surface area contributed by atoms with E-state index in [0.717, 1.165) is 11.1 Å². The number of methoxy groups -OCH3 is 2. The topological polar surface area (TPSA) is 159 Å². The monoisotopic (exact) mass is 890 g/mol. The molecular formula is C36H33Br3N2O10. The summed E-state index contributed by atoms with van der Waals surface area (Å²) in [7, 11) is 2.42. The summed E-state index contributed by atoms with van der Waals surface area (Å²) in [5, 5.41) is 15.9. The van der Waals surface area contributed by atoms with Crippen LogP contribution in [0.3, 0.4) is 0 Å². The Hall–Kier alpha value is -4.60. The molecule has 0 heterocycles. The average molecular weight is 893 g/mol. The summed E-state index contributed by atoms with van der Waals surface area (Å²) in [6, 6.07) is 22.4. The van der Waals surface area contributed by atoms with E-state index >= 15 is 0 Å². The first-order valence-corrected chi connectivity index (χ1v) is 17.6. The second-order valence-electron chi connectivity index (χ2n) is 10.9. The third-order valence-electron chi connectivity index (χ3n) is 7.22. The Labute approximate surface area is 319 Å². The van der Waals surface area contributed by atoms with Gasteiger partial charge in [-0.05, 0) is 94.3 Å². The highest BCUT2D eigenvalue weighted by Gasteiger charge is 2.26. The number of ether oxygens (including phenoxy) is 5. The number of benzene rings is 4. The molecule has 0 radical (unpaired) electrons. The molecule has 0 saturated heterocycles. The van der Waals surface area contributed by atoms with Crippen molar-refractivity contribution >= 4 is 71.9 Å². The normalized spacial score (nSPS) is 11.8. The Morgan fingerprint density at radius 1 is 0.627 bits per heavy atom. The summed E-state index contributed by atoms with van der Waals surface area (Å²) in [4.78, 5) is 50.2. The zero-order valence-corrected chi connectivity index (χ0v) is 32.1. The van der Waals surface area contributed by atoms with Gasteiger partial charge in [-0.3, -0.25) is 0 Å². The fourth-order valence-corrected chi connectivity index (χ4v) is 6.65. The van der Waals surface area contributed by atoms with Gasteiger partial charge in [-0.1, -0.05) is 60.7 Å². The molecule has 0 bridgehead atoms. The molecule has 4 rings (SSSR count). The van der Waals surface area contributed by atoms with Crippen LogP contribution in [0.25, 0.3) is 0 Å². The van der Waals surface area contributed by atoms with Crippen molar-refractivity contribution in [2.45, 2.75) is 38.1 Å². The molecule has 2 amide bonds. The van der Waals surface area contributed by atoms with Crippen molar-refractivity contribution in [1.29, 1.82) is 0 Å². The lowest BCUT2D eigenvalue weighted by atomic mass is 10.0. The minimum Gasteiger partial charge on any atom is -0.503 e. The maximum absolute atomic E-state index is 12.6. The minimum absolute atomic E-state index is 0.00695. The standard InChI is InChI=1S/C36H33Br3N2O10/c1-47-33(43)28(40-35(45)49-19-21-9-5-3-6-10-21)16-23-14-26(38)32(27(39)15-23)51-30-18-24(13-25(37)31(30)42)17-29(34(44)48-2)41-36(46)50-20-22-11-7-4-8-12-22/h3-15,18,28-29,42H,16-17,19-20H2,1-2H3,(H,40,45)(H,41,46)/t28-,29-/m0/s1. The van der Waals surface area contributed by atoms with Crippen LogP contribution in [-0.2, 0) is 54.6 Å². The quantitative estimate of drug-likeness (QED) is 0.0856. The van der Waals surface area contributed by atoms with Crippen LogP contribution in [0, 0.1) is 0 Å². The van der Waals surface area contributed by atoms with Gasteiger partial charge in [0, 0.05) is 12.8 Å². The molecule has 3 N–H and O–H groups in total. The number of halogens is 3. The molecule has 0 unspecified atom stereocenters. The van der Waals surface area contributed by atoms with E-state index in [4.69, 9.17) is 23.7 Å². The fourth-order valence-electron chi connectivity index (χ4n) is 4.72. The van der Waals surface area contributed by atoms with Crippen LogP contribution < -0.4 is 15.4 Å². The fraction of sp³-hybridized carbons (Fsp3) is 0.222. The molecule has 2 atom stereocenters. The molecule has 268 valence electrons. The lowest BCUT2D eigenvalue weighted by Crippen LogP contribution is -2.43. The summed E-state index contributed by atoms with van der Waals surface area (Å²) in [6.45, 7) is 0.0298. The summed E-state index contributed by atoms with van der Waals surface area (Å²) in [5.41, 5.74) is 2.68. The molecule has 4 aromatic rings. The van der Waals surface area contributed by atoms with Gasteiger partial charge >= 0.3 is 24.1 Å². The molecule has 0 aliphatic rings. The van der Waals surface area contributed by atoms with Gasteiger partial charge in [0.1, 0.15) is 25.3 Å². The highest BCUT2D eigenvalue weighted by atomic mass is 79.9. The van der Waals surface area contributed by atoms with Gasteiger partial charge in [0.2, 0.25) is 0 Å². The third-order valence-corrected chi connectivity index (χ3v) is 9.00. The van der Waals surface area contributed by atoms with E-state index in [1.807, 2.05) is 48.5 Å². The number of aromatic hydroxyl groups is 1. The van der Waals surface area contributed by atoms with Crippen molar-refractivity contribution in [2.24, 2.45) is 0 Å². The lowest BCUT2D eigenvalue weighted by Gasteiger charge is -2.19. The van der Waals surface area contributed by atoms with E-state index < -0.39 is 36.2 Å². The molecule has 0 fully saturated rings. The van der Waals surface area contributed by atoms with Crippen molar-refractivity contribution in [3.8, 4) is 17.2 Å². The van der Waals surface area contributed by atoms with E-state index in [0.29, 0.717) is 20.1 Å². The third kappa shape index (κ3) is 11.7. The number of carbonyl (C=O) groups excluding carboxylic acids is 4. The molecule has 0 aliphatic carbocycles. The van der Waals surface area contributed by atoms with Gasteiger partial charge < -0.3 is 39.4 Å². The number of amides is 2. The second kappa shape index (κ2) is 19.1. The minimum atomic E-state index is -1.12. The summed E-state index contributed by atoms with van der Waals surface area (Å²) >= 11 is 10.3. The maximum atomic E-state index is 12.6. The molecule has 51 heavy (non-hydrogen) atoms. The molecule has 0 aromatic heterocycles. The zero-order valence-electron chi connectivity index (χ0n) is 27.3. The number of carbonyl (C=O) groups is 4. The first-order chi connectivity index (χ1) is 24.5. The van der Waals surface area contributed by atoms with E-state index in [1.54, 1.807) is 30.3 Å². The van der Waals surface area contributed by atoms with Gasteiger partial charge in [-0.2, -0.15) is 0 Å². The molecular weight excluding hydrogens is 860 g/mol. The van der Waals surface area contributed by atoms with Gasteiger partial charge in [-0.25, -0.2) is 19.2 Å². The van der Waals surface area contributed by atoms with Crippen LogP contribution in [-0.4, -0.2) is 55.5 Å². The Kier molecular flexibility index (Phi) is 14.7. The van der Waals surface area contributed by atoms with Crippen molar-refractivity contribution in [2.75, 3.05) is 14.2 Å². The van der Waals surface area contributed by atoms with Crippen molar-refractivity contribution < 1.29 is 48.0 Å². The number of esters is 2. The van der Waals surface area contributed by atoms with E-state index in [1.165, 1.54) is 20.3 Å². The van der Waals surface area contributed by atoms with Crippen molar-refractivity contribution in [1.82, 2.24) is 10.6 Å². The number of nitrogens with one attached hydrogen (secondary N) is 2. The number of hydrogen-bond donors (Lipinski definition) is 3. The predicted octanol–water partition coefficient (Wildman–Crippen LogP) is 7.49. The average Bonchev–Trinajstić information content (AvgIpc) is 3.12. The van der Waals surface area contributed by atoms with Gasteiger partial charge in [0.25, 0.3) is 0 Å². The number of rotatable bonds is 14. The molecule has 12 nitrogen and oxygen atoms in total. The summed E-state index contributed by atoms with van der Waals surface area (Å²) < 4.78 is 27.6. The second-order valence-corrected chi connectivity index (χ2v) is 13.4. The van der Waals surface area contributed by atoms with Crippen LogP contribution >= 0.6 is 47.8 Å². The number of phenols is 1. The first kappa shape index (κ1) is 39.2. The van der Waals surface area contributed by atoms with Crippen LogP contribution in [0.5, 0.6) is 17.2 Å². The number of hydrogen-bond acceptors (Lipinski definition) is 10. The highest BCUT2D eigenvalue weighted by Crippen LogP contribution is 2.43. The maximum Gasteiger partial charge on any atom is 0.408 e. The van der Waals surface area contributed by atoms with E-state index in [2.05, 4.69) is 58.4 Å². The Balaban J connectivity index is 1.46. The van der Waals surface area contributed by atoms with Crippen LogP contribution in [0.15, 0.2) is 98.3 Å². The van der Waals surface area contributed by atoms with Gasteiger partial charge in [0.05, 0.1) is 27.6 Å². The molecule has 4 aromatic carbocycles. The van der Waals surface area contributed by atoms with Crippen molar-refractivity contribution in [3.05, 3.63) is 121 Å². The van der Waals surface area contributed by atoms with Crippen LogP contribution in [0.1, 0.15) is 22.3 Å². The first-order valence-electron chi connectivity index (χ1n) is 15.2. The largest absolute Gasteiger partial charge is 0.503 e. The Morgan fingerprint density at radius 3 is 1.47 bits per heavy atom. The number of phenolic OH excluding ortho intramolecular Hbond substituents is 1. The van der Waals surface area contributed by atoms with Crippen LogP contribution in [0.2, 0.25) is 0 Å². The zero-order chi connectivity index (χ0) is 36.9. The predicted molar refractivity (Wildman–Crippen MR) is 196 cm³/mol.